The van der Waals surface area contributed by atoms with E-state index in [1.807, 2.05) is 0 Å². The van der Waals surface area contributed by atoms with Gasteiger partial charge in [0.2, 0.25) is 0 Å². The van der Waals surface area contributed by atoms with Crippen LogP contribution < -0.4 is 0 Å². The van der Waals surface area contributed by atoms with Gasteiger partial charge in [-0.25, -0.2) is 4.68 Å². The van der Waals surface area contributed by atoms with Crippen molar-refractivity contribution in [1.29, 1.82) is 0 Å². The molecule has 0 aliphatic rings. The highest BCUT2D eigenvalue weighted by molar-refractivity contribution is 5.10. The highest BCUT2D eigenvalue weighted by atomic mass is 16.3. The summed E-state index contributed by atoms with van der Waals surface area (Å²) >= 11 is 0. The summed E-state index contributed by atoms with van der Waals surface area (Å²) in [5, 5.41) is 13.3. The molecule has 0 saturated carbocycles. The molecule has 0 saturated heterocycles. The molecule has 0 aromatic carbocycles. The van der Waals surface area contributed by atoms with Crippen molar-refractivity contribution < 1.29 is 5.11 Å². The zero-order valence-electron chi connectivity index (χ0n) is 8.45. The summed E-state index contributed by atoms with van der Waals surface area (Å²) in [5.74, 6) is 0. The number of aliphatic hydroxyl groups is 1. The molecular formula is C10H18N2O. The lowest BCUT2D eigenvalue weighted by Crippen LogP contribution is -2.04. The minimum absolute atomic E-state index is 0.000945. The fraction of sp³-hybridized carbons (Fsp3) is 0.700. The van der Waals surface area contributed by atoms with Gasteiger partial charge in [0.1, 0.15) is 6.73 Å². The summed E-state index contributed by atoms with van der Waals surface area (Å²) in [5.41, 5.74) is 2.22. The van der Waals surface area contributed by atoms with E-state index in [2.05, 4.69) is 25.0 Å². The topological polar surface area (TPSA) is 38.0 Å². The predicted molar refractivity (Wildman–Crippen MR) is 52.4 cm³/mol. The zero-order chi connectivity index (χ0) is 9.68. The lowest BCUT2D eigenvalue weighted by Gasteiger charge is -2.01. The zero-order valence-corrected chi connectivity index (χ0v) is 8.45. The Morgan fingerprint density at radius 2 is 2.23 bits per heavy atom. The molecule has 1 rings (SSSR count). The molecular weight excluding hydrogens is 164 g/mol. The molecule has 0 aliphatic heterocycles. The van der Waals surface area contributed by atoms with Crippen molar-refractivity contribution in [1.82, 2.24) is 9.78 Å². The first-order valence-electron chi connectivity index (χ1n) is 4.98. The number of aliphatic hydroxyl groups excluding tert-OH is 1. The number of aromatic nitrogens is 2. The monoisotopic (exact) mass is 182 g/mol. The van der Waals surface area contributed by atoms with Gasteiger partial charge in [-0.3, -0.25) is 0 Å². The van der Waals surface area contributed by atoms with Gasteiger partial charge in [0, 0.05) is 5.69 Å². The van der Waals surface area contributed by atoms with Crippen LogP contribution in [0.1, 0.15) is 38.1 Å². The number of aryl methyl sites for hydroxylation is 2. The maximum atomic E-state index is 9.03. The van der Waals surface area contributed by atoms with E-state index < -0.39 is 0 Å². The summed E-state index contributed by atoms with van der Waals surface area (Å²) < 4.78 is 1.69. The van der Waals surface area contributed by atoms with Crippen LogP contribution in [-0.2, 0) is 19.6 Å². The smallest absolute Gasteiger partial charge is 0.136 e. The first kappa shape index (κ1) is 10.3. The Morgan fingerprint density at radius 3 is 2.77 bits per heavy atom. The summed E-state index contributed by atoms with van der Waals surface area (Å²) in [7, 11) is 0. The van der Waals surface area contributed by atoms with E-state index in [9.17, 15) is 0 Å². The van der Waals surface area contributed by atoms with Gasteiger partial charge in [-0.2, -0.15) is 5.10 Å². The standard InChI is InChI=1S/C10H18N2O/c1-3-5-6-10-7-9(4-2)11-12(10)8-13/h7,13H,3-6,8H2,1-2H3. The molecule has 0 atom stereocenters. The highest BCUT2D eigenvalue weighted by Crippen LogP contribution is 2.08. The molecule has 0 bridgehead atoms. The SMILES string of the molecule is CCCCc1cc(CC)nn1CO. The van der Waals surface area contributed by atoms with Crippen molar-refractivity contribution in [3.63, 3.8) is 0 Å². The lowest BCUT2D eigenvalue weighted by atomic mass is 10.2. The maximum Gasteiger partial charge on any atom is 0.136 e. The molecule has 0 fully saturated rings. The largest absolute Gasteiger partial charge is 0.374 e. The summed E-state index contributed by atoms with van der Waals surface area (Å²) in [6, 6.07) is 2.09. The van der Waals surface area contributed by atoms with Crippen LogP contribution in [0.2, 0.25) is 0 Å². The second-order valence-corrected chi connectivity index (χ2v) is 3.23. The molecule has 0 spiro atoms. The van der Waals surface area contributed by atoms with Gasteiger partial charge in [-0.15, -0.1) is 0 Å². The lowest BCUT2D eigenvalue weighted by molar-refractivity contribution is 0.190. The van der Waals surface area contributed by atoms with E-state index in [0.717, 1.165) is 30.7 Å². The molecule has 1 aromatic heterocycles. The minimum Gasteiger partial charge on any atom is -0.374 e. The van der Waals surface area contributed by atoms with E-state index in [-0.39, 0.29) is 6.73 Å². The van der Waals surface area contributed by atoms with E-state index in [1.54, 1.807) is 4.68 Å². The van der Waals surface area contributed by atoms with E-state index in [1.165, 1.54) is 6.42 Å². The Morgan fingerprint density at radius 1 is 1.46 bits per heavy atom. The average Bonchev–Trinajstić information content (AvgIpc) is 2.57. The number of hydrogen-bond donors (Lipinski definition) is 1. The first-order valence-corrected chi connectivity index (χ1v) is 4.98. The molecule has 0 radical (unpaired) electrons. The maximum absolute atomic E-state index is 9.03. The van der Waals surface area contributed by atoms with Gasteiger partial charge in [-0.1, -0.05) is 20.3 Å². The van der Waals surface area contributed by atoms with Crippen LogP contribution in [0.25, 0.3) is 0 Å². The quantitative estimate of drug-likeness (QED) is 0.753. The van der Waals surface area contributed by atoms with Gasteiger partial charge in [0.25, 0.3) is 0 Å². The predicted octanol–water partition coefficient (Wildman–Crippen LogP) is 1.74. The first-order chi connectivity index (χ1) is 6.31. The van der Waals surface area contributed by atoms with Crippen LogP contribution in [-0.4, -0.2) is 14.9 Å². The number of unbranched alkanes of at least 4 members (excludes halogenated alkanes) is 1. The summed E-state index contributed by atoms with van der Waals surface area (Å²) in [6.07, 6.45) is 4.29. The van der Waals surface area contributed by atoms with Gasteiger partial charge in [0.05, 0.1) is 5.69 Å². The molecule has 0 amide bonds. The Labute approximate surface area is 79.4 Å². The van der Waals surface area contributed by atoms with Crippen LogP contribution in [0.15, 0.2) is 6.07 Å². The Kier molecular flexibility index (Phi) is 3.96. The van der Waals surface area contributed by atoms with Gasteiger partial charge >= 0.3 is 0 Å². The molecule has 1 N–H and O–H groups in total. The van der Waals surface area contributed by atoms with Crippen molar-refractivity contribution in [3.8, 4) is 0 Å². The van der Waals surface area contributed by atoms with Crippen LogP contribution in [0, 0.1) is 0 Å². The second kappa shape index (κ2) is 5.02. The number of rotatable bonds is 5. The number of hydrogen-bond acceptors (Lipinski definition) is 2. The van der Waals surface area contributed by atoms with Gasteiger partial charge < -0.3 is 5.11 Å². The number of nitrogens with zero attached hydrogens (tertiary/aromatic N) is 2. The third-order valence-electron chi connectivity index (χ3n) is 2.20. The van der Waals surface area contributed by atoms with Crippen LogP contribution in [0.5, 0.6) is 0 Å². The Bertz CT molecular complexity index is 255. The molecule has 1 aromatic rings. The summed E-state index contributed by atoms with van der Waals surface area (Å²) in [4.78, 5) is 0. The molecule has 13 heavy (non-hydrogen) atoms. The highest BCUT2D eigenvalue weighted by Gasteiger charge is 2.04. The van der Waals surface area contributed by atoms with Gasteiger partial charge in [-0.05, 0) is 25.3 Å². The van der Waals surface area contributed by atoms with E-state index >= 15 is 0 Å². The van der Waals surface area contributed by atoms with Crippen molar-refractivity contribution in [3.05, 3.63) is 17.5 Å². The second-order valence-electron chi connectivity index (χ2n) is 3.23. The minimum atomic E-state index is -0.000945. The summed E-state index contributed by atoms with van der Waals surface area (Å²) in [6.45, 7) is 4.24. The molecule has 0 aliphatic carbocycles. The van der Waals surface area contributed by atoms with Crippen molar-refractivity contribution >= 4 is 0 Å². The van der Waals surface area contributed by atoms with Crippen LogP contribution in [0.3, 0.4) is 0 Å². The molecule has 74 valence electrons. The molecule has 0 unspecified atom stereocenters. The van der Waals surface area contributed by atoms with Crippen LogP contribution in [0.4, 0.5) is 0 Å². The molecule has 3 heteroatoms. The van der Waals surface area contributed by atoms with Crippen molar-refractivity contribution in [2.75, 3.05) is 0 Å². The molecule has 1 heterocycles. The van der Waals surface area contributed by atoms with Crippen molar-refractivity contribution in [2.24, 2.45) is 0 Å². The fourth-order valence-corrected chi connectivity index (χ4v) is 1.37. The third kappa shape index (κ3) is 2.56. The fourth-order valence-electron chi connectivity index (χ4n) is 1.37. The van der Waals surface area contributed by atoms with Gasteiger partial charge in [0.15, 0.2) is 0 Å². The molecule has 3 nitrogen and oxygen atoms in total. The Balaban J connectivity index is 2.71. The third-order valence-corrected chi connectivity index (χ3v) is 2.20. The van der Waals surface area contributed by atoms with E-state index in [0.29, 0.717) is 0 Å². The normalized spacial score (nSPS) is 10.7. The van der Waals surface area contributed by atoms with Crippen LogP contribution >= 0.6 is 0 Å². The van der Waals surface area contributed by atoms with Crippen molar-refractivity contribution in [2.45, 2.75) is 46.3 Å². The Hall–Kier alpha value is -0.830. The van der Waals surface area contributed by atoms with E-state index in [4.69, 9.17) is 5.11 Å². The average molecular weight is 182 g/mol.